The van der Waals surface area contributed by atoms with Crippen LogP contribution in [0.1, 0.15) is 12.8 Å². The number of pyridine rings is 1. The van der Waals surface area contributed by atoms with Gasteiger partial charge in [-0.3, -0.25) is 4.90 Å². The summed E-state index contributed by atoms with van der Waals surface area (Å²) in [5.74, 6) is 1.07. The molecule has 0 atom stereocenters. The Bertz CT molecular complexity index is 926. The van der Waals surface area contributed by atoms with E-state index in [-0.39, 0.29) is 0 Å². The Morgan fingerprint density at radius 1 is 1.04 bits per heavy atom. The van der Waals surface area contributed by atoms with E-state index in [0.717, 1.165) is 61.3 Å². The first kappa shape index (κ1) is 16.4. The van der Waals surface area contributed by atoms with Crippen molar-refractivity contribution in [2.45, 2.75) is 18.9 Å². The van der Waals surface area contributed by atoms with Gasteiger partial charge < -0.3 is 14.6 Å². The van der Waals surface area contributed by atoms with Crippen molar-refractivity contribution in [3.8, 4) is 0 Å². The van der Waals surface area contributed by atoms with Crippen LogP contribution in [0.15, 0.2) is 30.5 Å². The Morgan fingerprint density at radius 3 is 2.65 bits per heavy atom. The lowest BCUT2D eigenvalue weighted by Crippen LogP contribution is -2.49. The average molecular weight is 371 g/mol. The number of piperidine rings is 1. The fourth-order valence-electron chi connectivity index (χ4n) is 4.41. The van der Waals surface area contributed by atoms with Crippen molar-refractivity contribution >= 4 is 39.2 Å². The van der Waals surface area contributed by atoms with Crippen LogP contribution in [0.2, 0.25) is 5.02 Å². The van der Waals surface area contributed by atoms with Crippen LogP contribution in [-0.2, 0) is 4.74 Å². The maximum atomic E-state index is 6.20. The van der Waals surface area contributed by atoms with Crippen molar-refractivity contribution < 1.29 is 4.74 Å². The van der Waals surface area contributed by atoms with Crippen molar-refractivity contribution in [3.63, 3.8) is 0 Å². The van der Waals surface area contributed by atoms with Gasteiger partial charge in [-0.15, -0.1) is 0 Å². The van der Waals surface area contributed by atoms with Gasteiger partial charge in [-0.25, -0.2) is 4.98 Å². The molecule has 2 aromatic heterocycles. The summed E-state index contributed by atoms with van der Waals surface area (Å²) in [4.78, 5) is 13.3. The lowest BCUT2D eigenvalue weighted by atomic mass is 10.0. The molecule has 1 aromatic carbocycles. The molecule has 5 nitrogen and oxygen atoms in total. The highest BCUT2D eigenvalue weighted by atomic mass is 35.5. The van der Waals surface area contributed by atoms with Crippen molar-refractivity contribution in [1.29, 1.82) is 0 Å². The molecule has 2 aliphatic heterocycles. The highest BCUT2D eigenvalue weighted by Gasteiger charge is 2.27. The SMILES string of the molecule is Clc1ccc2[nH]c3c(N4CCC(N5CCOCC5)CC4)nccc3c2c1. The second kappa shape index (κ2) is 6.72. The van der Waals surface area contributed by atoms with Crippen molar-refractivity contribution in [3.05, 3.63) is 35.5 Å². The third kappa shape index (κ3) is 2.84. The van der Waals surface area contributed by atoms with Crippen LogP contribution < -0.4 is 4.90 Å². The molecule has 2 fully saturated rings. The Hall–Kier alpha value is -1.82. The van der Waals surface area contributed by atoms with E-state index in [1.807, 2.05) is 24.4 Å². The van der Waals surface area contributed by atoms with Gasteiger partial charge in [-0.05, 0) is 37.1 Å². The lowest BCUT2D eigenvalue weighted by Gasteiger charge is -2.40. The predicted molar refractivity (Wildman–Crippen MR) is 106 cm³/mol. The average Bonchev–Trinajstić information content (AvgIpc) is 3.07. The van der Waals surface area contributed by atoms with Crippen LogP contribution in [0.25, 0.3) is 21.8 Å². The molecular formula is C20H23ClN4O. The van der Waals surface area contributed by atoms with Gasteiger partial charge in [-0.1, -0.05) is 11.6 Å². The summed E-state index contributed by atoms with van der Waals surface area (Å²) in [7, 11) is 0. The molecule has 26 heavy (non-hydrogen) atoms. The molecule has 136 valence electrons. The number of rotatable bonds is 2. The first-order chi connectivity index (χ1) is 12.8. The fraction of sp³-hybridized carbons (Fsp3) is 0.450. The topological polar surface area (TPSA) is 44.4 Å². The first-order valence-electron chi connectivity index (χ1n) is 9.42. The molecule has 0 radical (unpaired) electrons. The molecule has 0 bridgehead atoms. The summed E-state index contributed by atoms with van der Waals surface area (Å²) < 4.78 is 5.49. The highest BCUT2D eigenvalue weighted by Crippen LogP contribution is 2.33. The second-order valence-corrected chi connectivity index (χ2v) is 7.68. The number of ether oxygens (including phenoxy) is 1. The lowest BCUT2D eigenvalue weighted by molar-refractivity contribution is 0.0115. The molecule has 0 saturated carbocycles. The third-order valence-electron chi connectivity index (χ3n) is 5.79. The summed E-state index contributed by atoms with van der Waals surface area (Å²) in [6.07, 6.45) is 4.29. The summed E-state index contributed by atoms with van der Waals surface area (Å²) in [6.45, 7) is 5.98. The van der Waals surface area contributed by atoms with Gasteiger partial charge in [0.2, 0.25) is 0 Å². The van der Waals surface area contributed by atoms with E-state index in [4.69, 9.17) is 21.3 Å². The summed E-state index contributed by atoms with van der Waals surface area (Å²) in [6, 6.07) is 8.76. The minimum Gasteiger partial charge on any atom is -0.379 e. The molecule has 0 unspecified atom stereocenters. The number of anilines is 1. The number of hydrogen-bond acceptors (Lipinski definition) is 4. The fourth-order valence-corrected chi connectivity index (χ4v) is 4.58. The van der Waals surface area contributed by atoms with Crippen LogP contribution in [-0.4, -0.2) is 60.3 Å². The van der Waals surface area contributed by atoms with Gasteiger partial charge in [0.25, 0.3) is 0 Å². The summed E-state index contributed by atoms with van der Waals surface area (Å²) in [5, 5.41) is 3.13. The number of fused-ring (bicyclic) bond motifs is 3. The van der Waals surface area contributed by atoms with E-state index in [9.17, 15) is 0 Å². The minimum absolute atomic E-state index is 0.677. The molecule has 4 heterocycles. The van der Waals surface area contributed by atoms with E-state index < -0.39 is 0 Å². The molecule has 1 N–H and O–H groups in total. The molecule has 3 aromatic rings. The standard InChI is InChI=1S/C20H23ClN4O/c21-14-1-2-18-17(13-14)16-3-6-22-20(19(16)23-18)25-7-4-15(5-8-25)24-9-11-26-12-10-24/h1-3,6,13,15,23H,4-5,7-12H2. The van der Waals surface area contributed by atoms with Gasteiger partial charge >= 0.3 is 0 Å². The van der Waals surface area contributed by atoms with E-state index in [0.29, 0.717) is 6.04 Å². The number of H-pyrrole nitrogens is 1. The first-order valence-corrected chi connectivity index (χ1v) is 9.80. The molecule has 5 rings (SSSR count). The van der Waals surface area contributed by atoms with Gasteiger partial charge in [0.15, 0.2) is 5.82 Å². The molecular weight excluding hydrogens is 348 g/mol. The molecule has 2 aliphatic rings. The number of aromatic nitrogens is 2. The number of halogens is 1. The normalized spacial score (nSPS) is 20.3. The molecule has 0 aliphatic carbocycles. The van der Waals surface area contributed by atoms with Gasteiger partial charge in [0.05, 0.1) is 18.7 Å². The number of nitrogens with one attached hydrogen (secondary N) is 1. The number of morpholine rings is 1. The monoisotopic (exact) mass is 370 g/mol. The zero-order chi connectivity index (χ0) is 17.5. The summed E-state index contributed by atoms with van der Waals surface area (Å²) >= 11 is 6.20. The van der Waals surface area contributed by atoms with Crippen LogP contribution in [0, 0.1) is 0 Å². The van der Waals surface area contributed by atoms with Crippen molar-refractivity contribution in [2.75, 3.05) is 44.3 Å². The van der Waals surface area contributed by atoms with E-state index in [2.05, 4.69) is 20.9 Å². The van der Waals surface area contributed by atoms with E-state index >= 15 is 0 Å². The van der Waals surface area contributed by atoms with Crippen molar-refractivity contribution in [2.24, 2.45) is 0 Å². The number of aromatic amines is 1. The Balaban J connectivity index is 1.42. The maximum Gasteiger partial charge on any atom is 0.152 e. The third-order valence-corrected chi connectivity index (χ3v) is 6.02. The van der Waals surface area contributed by atoms with Crippen LogP contribution in [0.4, 0.5) is 5.82 Å². The largest absolute Gasteiger partial charge is 0.379 e. The number of benzene rings is 1. The Morgan fingerprint density at radius 2 is 1.85 bits per heavy atom. The second-order valence-electron chi connectivity index (χ2n) is 7.24. The zero-order valence-electron chi connectivity index (χ0n) is 14.7. The van der Waals surface area contributed by atoms with Crippen LogP contribution in [0.5, 0.6) is 0 Å². The Labute approximate surface area is 157 Å². The highest BCUT2D eigenvalue weighted by molar-refractivity contribution is 6.32. The van der Waals surface area contributed by atoms with Gasteiger partial charge in [-0.2, -0.15) is 0 Å². The predicted octanol–water partition coefficient (Wildman–Crippen LogP) is 3.67. The molecule has 2 saturated heterocycles. The quantitative estimate of drug-likeness (QED) is 0.747. The van der Waals surface area contributed by atoms with Crippen molar-refractivity contribution in [1.82, 2.24) is 14.9 Å². The maximum absolute atomic E-state index is 6.20. The number of nitrogens with zero attached hydrogens (tertiary/aromatic N) is 3. The van der Waals surface area contributed by atoms with Gasteiger partial charge in [0, 0.05) is 59.7 Å². The van der Waals surface area contributed by atoms with Gasteiger partial charge in [0.1, 0.15) is 0 Å². The van der Waals surface area contributed by atoms with Crippen LogP contribution >= 0.6 is 11.6 Å². The van der Waals surface area contributed by atoms with E-state index in [1.54, 1.807) is 0 Å². The molecule has 0 spiro atoms. The van der Waals surface area contributed by atoms with E-state index in [1.165, 1.54) is 23.6 Å². The zero-order valence-corrected chi connectivity index (χ0v) is 15.5. The van der Waals surface area contributed by atoms with Crippen LogP contribution in [0.3, 0.4) is 0 Å². The number of hydrogen-bond donors (Lipinski definition) is 1. The Kier molecular flexibility index (Phi) is 4.23. The minimum atomic E-state index is 0.677. The molecule has 6 heteroatoms. The smallest absolute Gasteiger partial charge is 0.152 e. The summed E-state index contributed by atoms with van der Waals surface area (Å²) in [5.41, 5.74) is 2.23. The molecule has 0 amide bonds.